The van der Waals surface area contributed by atoms with Gasteiger partial charge in [0.05, 0.1) is 18.0 Å². The fraction of sp³-hybridized carbons (Fsp3) is 0.667. The minimum absolute atomic E-state index is 0.125. The topological polar surface area (TPSA) is 93.2 Å². The molecule has 6 heteroatoms. The number of nitrogens with one attached hydrogen (secondary N) is 1. The minimum Gasteiger partial charge on any atom is -0.396 e. The smallest absolute Gasteiger partial charge is 0.271 e. The number of carbonyl (C=O) groups is 1. The molecule has 0 radical (unpaired) electrons. The summed E-state index contributed by atoms with van der Waals surface area (Å²) in [6, 6.07) is 0.125. The highest BCUT2D eigenvalue weighted by Crippen LogP contribution is 2.19. The van der Waals surface area contributed by atoms with E-state index in [4.69, 9.17) is 5.73 Å². The Morgan fingerprint density at radius 2 is 2.22 bits per heavy atom. The number of carbonyl (C=O) groups excluding carboxylic acids is 1. The first-order chi connectivity index (χ1) is 8.61. The summed E-state index contributed by atoms with van der Waals surface area (Å²) in [5.41, 5.74) is 6.60. The quantitative estimate of drug-likeness (QED) is 0.731. The zero-order valence-corrected chi connectivity index (χ0v) is 10.6. The zero-order valence-electron chi connectivity index (χ0n) is 10.6. The van der Waals surface area contributed by atoms with Gasteiger partial charge in [-0.2, -0.15) is 5.10 Å². The molecule has 1 heterocycles. The normalized spacial score (nSPS) is 23.9. The largest absolute Gasteiger partial charge is 0.396 e. The second-order valence-electron chi connectivity index (χ2n) is 4.74. The molecule has 0 aromatic carbocycles. The molecule has 1 aromatic rings. The van der Waals surface area contributed by atoms with Crippen LogP contribution in [-0.2, 0) is 6.54 Å². The number of rotatable bonds is 3. The lowest BCUT2D eigenvalue weighted by Gasteiger charge is -2.26. The maximum atomic E-state index is 12.1. The highest BCUT2D eigenvalue weighted by Gasteiger charge is 2.23. The van der Waals surface area contributed by atoms with Crippen LogP contribution in [0.4, 0.5) is 5.69 Å². The van der Waals surface area contributed by atoms with Crippen LogP contribution in [0.3, 0.4) is 0 Å². The van der Waals surface area contributed by atoms with Crippen LogP contribution in [0, 0.1) is 0 Å². The first-order valence-corrected chi connectivity index (χ1v) is 6.42. The maximum absolute atomic E-state index is 12.1. The van der Waals surface area contributed by atoms with Crippen molar-refractivity contribution in [2.24, 2.45) is 0 Å². The van der Waals surface area contributed by atoms with E-state index in [9.17, 15) is 9.90 Å². The summed E-state index contributed by atoms with van der Waals surface area (Å²) in [5.74, 6) is -0.173. The van der Waals surface area contributed by atoms with Gasteiger partial charge in [0.2, 0.25) is 0 Å². The van der Waals surface area contributed by atoms with Gasteiger partial charge in [0.15, 0.2) is 0 Å². The van der Waals surface area contributed by atoms with Gasteiger partial charge >= 0.3 is 0 Å². The van der Waals surface area contributed by atoms with E-state index >= 15 is 0 Å². The molecule has 100 valence electrons. The number of amides is 1. The van der Waals surface area contributed by atoms with E-state index in [-0.39, 0.29) is 18.1 Å². The summed E-state index contributed by atoms with van der Waals surface area (Å²) in [6.45, 7) is 2.53. The average Bonchev–Trinajstić information content (AvgIpc) is 2.73. The number of aromatic nitrogens is 2. The molecule has 1 aromatic heterocycles. The number of nitrogens with two attached hydrogens (primary N) is 1. The second kappa shape index (κ2) is 5.39. The third-order valence-electron chi connectivity index (χ3n) is 3.41. The standard InChI is InChI=1S/C12H20N4O2/c1-2-16-11(10(13)7-14-16)12(18)15-8-3-5-9(17)6-4-8/h7-9,17H,2-6,13H2,1H3,(H,15,18). The van der Waals surface area contributed by atoms with E-state index in [0.29, 0.717) is 17.9 Å². The monoisotopic (exact) mass is 252 g/mol. The predicted octanol–water partition coefficient (Wildman–Crippen LogP) is 0.518. The Bertz CT molecular complexity index is 422. The molecule has 1 aliphatic rings. The summed E-state index contributed by atoms with van der Waals surface area (Å²) in [5, 5.41) is 16.4. The second-order valence-corrected chi connectivity index (χ2v) is 4.74. The Morgan fingerprint density at radius 1 is 1.56 bits per heavy atom. The zero-order chi connectivity index (χ0) is 13.1. The lowest BCUT2D eigenvalue weighted by atomic mass is 9.93. The van der Waals surface area contributed by atoms with Crippen molar-refractivity contribution in [3.8, 4) is 0 Å². The van der Waals surface area contributed by atoms with Crippen LogP contribution < -0.4 is 11.1 Å². The van der Waals surface area contributed by atoms with Gasteiger partial charge in [0, 0.05) is 12.6 Å². The van der Waals surface area contributed by atoms with E-state index in [1.54, 1.807) is 4.68 Å². The number of nitrogen functional groups attached to an aromatic ring is 1. The fourth-order valence-corrected chi connectivity index (χ4v) is 2.36. The van der Waals surface area contributed by atoms with E-state index in [0.717, 1.165) is 25.7 Å². The number of hydrogen-bond donors (Lipinski definition) is 3. The molecule has 18 heavy (non-hydrogen) atoms. The molecule has 0 bridgehead atoms. The van der Waals surface area contributed by atoms with Crippen molar-refractivity contribution in [1.82, 2.24) is 15.1 Å². The lowest BCUT2D eigenvalue weighted by Crippen LogP contribution is -2.39. The van der Waals surface area contributed by atoms with Gasteiger partial charge in [-0.3, -0.25) is 9.48 Å². The van der Waals surface area contributed by atoms with Crippen LogP contribution in [0.25, 0.3) is 0 Å². The van der Waals surface area contributed by atoms with E-state index in [2.05, 4.69) is 10.4 Å². The molecule has 6 nitrogen and oxygen atoms in total. The van der Waals surface area contributed by atoms with E-state index in [1.165, 1.54) is 6.20 Å². The van der Waals surface area contributed by atoms with Crippen molar-refractivity contribution in [2.75, 3.05) is 5.73 Å². The first-order valence-electron chi connectivity index (χ1n) is 6.42. The Hall–Kier alpha value is -1.56. The van der Waals surface area contributed by atoms with Crippen molar-refractivity contribution in [3.63, 3.8) is 0 Å². The average molecular weight is 252 g/mol. The molecule has 0 aliphatic heterocycles. The van der Waals surface area contributed by atoms with Crippen molar-refractivity contribution in [2.45, 2.75) is 51.3 Å². The summed E-state index contributed by atoms with van der Waals surface area (Å²) in [7, 11) is 0. The molecule has 1 fully saturated rings. The molecule has 4 N–H and O–H groups in total. The number of anilines is 1. The molecular weight excluding hydrogens is 232 g/mol. The number of hydrogen-bond acceptors (Lipinski definition) is 4. The maximum Gasteiger partial charge on any atom is 0.271 e. The van der Waals surface area contributed by atoms with Gasteiger partial charge < -0.3 is 16.2 Å². The highest BCUT2D eigenvalue weighted by atomic mass is 16.3. The summed E-state index contributed by atoms with van der Waals surface area (Å²) >= 11 is 0. The molecular formula is C12H20N4O2. The molecule has 0 unspecified atom stereocenters. The van der Waals surface area contributed by atoms with Gasteiger partial charge in [-0.25, -0.2) is 0 Å². The van der Waals surface area contributed by atoms with Crippen molar-refractivity contribution >= 4 is 11.6 Å². The number of aliphatic hydroxyl groups excluding tert-OH is 1. The van der Waals surface area contributed by atoms with Gasteiger partial charge in [-0.05, 0) is 32.6 Å². The summed E-state index contributed by atoms with van der Waals surface area (Å²) < 4.78 is 1.60. The number of nitrogens with zero attached hydrogens (tertiary/aromatic N) is 2. The third kappa shape index (κ3) is 2.64. The van der Waals surface area contributed by atoms with Crippen molar-refractivity contribution in [1.29, 1.82) is 0 Å². The van der Waals surface area contributed by atoms with Crippen LogP contribution in [0.2, 0.25) is 0 Å². The molecule has 0 saturated heterocycles. The number of aliphatic hydroxyl groups is 1. The first kappa shape index (κ1) is 12.9. The Labute approximate surface area is 106 Å². The Balaban J connectivity index is 2.01. The third-order valence-corrected chi connectivity index (χ3v) is 3.41. The van der Waals surface area contributed by atoms with Crippen molar-refractivity contribution in [3.05, 3.63) is 11.9 Å². The SMILES string of the molecule is CCn1ncc(N)c1C(=O)NC1CCC(O)CC1. The van der Waals surface area contributed by atoms with Crippen LogP contribution >= 0.6 is 0 Å². The fourth-order valence-electron chi connectivity index (χ4n) is 2.36. The Morgan fingerprint density at radius 3 is 2.83 bits per heavy atom. The highest BCUT2D eigenvalue weighted by molar-refractivity contribution is 5.97. The molecule has 1 aliphatic carbocycles. The molecule has 0 spiro atoms. The lowest BCUT2D eigenvalue weighted by molar-refractivity contribution is 0.0859. The van der Waals surface area contributed by atoms with Gasteiger partial charge in [-0.15, -0.1) is 0 Å². The number of aryl methyl sites for hydroxylation is 1. The van der Waals surface area contributed by atoms with E-state index in [1.807, 2.05) is 6.92 Å². The molecule has 0 atom stereocenters. The van der Waals surface area contributed by atoms with Gasteiger partial charge in [0.1, 0.15) is 5.69 Å². The Kier molecular flexibility index (Phi) is 3.86. The minimum atomic E-state index is -0.218. The van der Waals surface area contributed by atoms with Crippen LogP contribution in [0.1, 0.15) is 43.1 Å². The van der Waals surface area contributed by atoms with Crippen LogP contribution in [0.5, 0.6) is 0 Å². The molecule has 1 saturated carbocycles. The van der Waals surface area contributed by atoms with Crippen molar-refractivity contribution < 1.29 is 9.90 Å². The van der Waals surface area contributed by atoms with Crippen LogP contribution in [0.15, 0.2) is 6.20 Å². The summed E-state index contributed by atoms with van der Waals surface area (Å²) in [4.78, 5) is 12.1. The van der Waals surface area contributed by atoms with Crippen LogP contribution in [-0.4, -0.2) is 32.9 Å². The molecule has 2 rings (SSSR count). The predicted molar refractivity (Wildman–Crippen MR) is 68.0 cm³/mol. The van der Waals surface area contributed by atoms with E-state index < -0.39 is 0 Å². The summed E-state index contributed by atoms with van der Waals surface area (Å²) in [6.07, 6.45) is 4.40. The van der Waals surface area contributed by atoms with Gasteiger partial charge in [-0.1, -0.05) is 0 Å². The van der Waals surface area contributed by atoms with Gasteiger partial charge in [0.25, 0.3) is 5.91 Å². The molecule has 1 amide bonds.